The van der Waals surface area contributed by atoms with Crippen LogP contribution in [-0.2, 0) is 0 Å². The van der Waals surface area contributed by atoms with Crippen LogP contribution >= 0.6 is 0 Å². The Labute approximate surface area is 103 Å². The molecular weight excluding hydrogens is 212 g/mol. The van der Waals surface area contributed by atoms with Crippen LogP contribution in [0.5, 0.6) is 0 Å². The Bertz CT molecular complexity index is 345. The molecule has 0 atom stereocenters. The van der Waals surface area contributed by atoms with Gasteiger partial charge < -0.3 is 10.7 Å². The number of rotatable bonds is 4. The summed E-state index contributed by atoms with van der Waals surface area (Å²) in [6, 6.07) is 3.91. The number of nitrogens with one attached hydrogen (secondary N) is 2. The SMILES string of the molecule is CC1CCC(CNc2ccnc(NN)c2)CC1. The second kappa shape index (κ2) is 5.87. The topological polar surface area (TPSA) is 63.0 Å². The van der Waals surface area contributed by atoms with Crippen LogP contribution in [0.2, 0.25) is 0 Å². The number of aromatic nitrogens is 1. The summed E-state index contributed by atoms with van der Waals surface area (Å²) in [5.41, 5.74) is 3.65. The molecule has 1 aromatic rings. The fourth-order valence-electron chi connectivity index (χ4n) is 2.41. The van der Waals surface area contributed by atoms with Gasteiger partial charge in [-0.05, 0) is 30.7 Å². The molecule has 4 nitrogen and oxygen atoms in total. The van der Waals surface area contributed by atoms with Gasteiger partial charge >= 0.3 is 0 Å². The smallest absolute Gasteiger partial charge is 0.141 e. The number of hydrazine groups is 1. The van der Waals surface area contributed by atoms with Gasteiger partial charge in [-0.2, -0.15) is 0 Å². The molecule has 1 aromatic heterocycles. The zero-order valence-electron chi connectivity index (χ0n) is 10.4. The van der Waals surface area contributed by atoms with E-state index in [2.05, 4.69) is 22.7 Å². The van der Waals surface area contributed by atoms with Gasteiger partial charge in [-0.1, -0.05) is 19.8 Å². The molecule has 94 valence electrons. The first kappa shape index (κ1) is 12.2. The molecule has 0 aliphatic heterocycles. The van der Waals surface area contributed by atoms with Gasteiger partial charge in [0.05, 0.1) is 0 Å². The number of anilines is 2. The van der Waals surface area contributed by atoms with E-state index in [9.17, 15) is 0 Å². The highest BCUT2D eigenvalue weighted by Crippen LogP contribution is 2.28. The largest absolute Gasteiger partial charge is 0.385 e. The number of pyridine rings is 1. The molecule has 4 N–H and O–H groups in total. The Kier molecular flexibility index (Phi) is 4.20. The number of hydrogen-bond donors (Lipinski definition) is 3. The lowest BCUT2D eigenvalue weighted by Crippen LogP contribution is -2.20. The van der Waals surface area contributed by atoms with Crippen molar-refractivity contribution in [2.75, 3.05) is 17.3 Å². The molecule has 1 heterocycles. The Hall–Kier alpha value is -1.29. The van der Waals surface area contributed by atoms with Crippen molar-refractivity contribution in [3.63, 3.8) is 0 Å². The van der Waals surface area contributed by atoms with E-state index in [-0.39, 0.29) is 0 Å². The fourth-order valence-corrected chi connectivity index (χ4v) is 2.41. The van der Waals surface area contributed by atoms with Crippen molar-refractivity contribution in [1.82, 2.24) is 4.98 Å². The summed E-state index contributed by atoms with van der Waals surface area (Å²) in [6.45, 7) is 3.41. The molecule has 0 amide bonds. The molecule has 1 fully saturated rings. The quantitative estimate of drug-likeness (QED) is 0.553. The summed E-state index contributed by atoms with van der Waals surface area (Å²) < 4.78 is 0. The van der Waals surface area contributed by atoms with E-state index >= 15 is 0 Å². The second-order valence-electron chi connectivity index (χ2n) is 5.08. The van der Waals surface area contributed by atoms with Crippen LogP contribution in [0.15, 0.2) is 18.3 Å². The standard InChI is InChI=1S/C13H22N4/c1-10-2-4-11(5-3-10)9-16-12-6-7-15-13(8-12)17-14/h6-8,10-11H,2-5,9,14H2,1H3,(H2,15,16,17). The Morgan fingerprint density at radius 3 is 2.82 bits per heavy atom. The molecule has 0 saturated heterocycles. The lowest BCUT2D eigenvalue weighted by molar-refractivity contribution is 0.300. The average Bonchev–Trinajstić information content (AvgIpc) is 2.38. The third-order valence-electron chi connectivity index (χ3n) is 3.64. The normalized spacial score (nSPS) is 24.4. The van der Waals surface area contributed by atoms with E-state index in [0.717, 1.165) is 24.1 Å². The molecule has 1 aliphatic rings. The van der Waals surface area contributed by atoms with Gasteiger partial charge in [0.15, 0.2) is 0 Å². The molecular formula is C13H22N4. The first-order chi connectivity index (χ1) is 8.28. The van der Waals surface area contributed by atoms with Gasteiger partial charge in [-0.15, -0.1) is 0 Å². The number of nitrogen functional groups attached to an aromatic ring is 1. The van der Waals surface area contributed by atoms with Crippen LogP contribution in [-0.4, -0.2) is 11.5 Å². The van der Waals surface area contributed by atoms with Crippen molar-refractivity contribution >= 4 is 11.5 Å². The highest BCUT2D eigenvalue weighted by atomic mass is 15.2. The Balaban J connectivity index is 1.81. The van der Waals surface area contributed by atoms with E-state index < -0.39 is 0 Å². The second-order valence-corrected chi connectivity index (χ2v) is 5.08. The van der Waals surface area contributed by atoms with Crippen LogP contribution in [0.25, 0.3) is 0 Å². The van der Waals surface area contributed by atoms with Gasteiger partial charge in [0.2, 0.25) is 0 Å². The Morgan fingerprint density at radius 2 is 2.12 bits per heavy atom. The number of nitrogens with zero attached hydrogens (tertiary/aromatic N) is 1. The maximum atomic E-state index is 5.33. The van der Waals surface area contributed by atoms with Crippen molar-refractivity contribution in [1.29, 1.82) is 0 Å². The van der Waals surface area contributed by atoms with Gasteiger partial charge in [-0.25, -0.2) is 10.8 Å². The molecule has 0 spiro atoms. The summed E-state index contributed by atoms with van der Waals surface area (Å²) in [5.74, 6) is 7.76. The van der Waals surface area contributed by atoms with Gasteiger partial charge in [0, 0.05) is 24.5 Å². The minimum atomic E-state index is 0.701. The molecule has 0 unspecified atom stereocenters. The summed E-state index contributed by atoms with van der Waals surface area (Å²) in [4.78, 5) is 4.09. The molecule has 4 heteroatoms. The average molecular weight is 234 g/mol. The maximum Gasteiger partial charge on any atom is 0.141 e. The molecule has 1 saturated carbocycles. The van der Waals surface area contributed by atoms with Crippen molar-refractivity contribution < 1.29 is 0 Å². The predicted octanol–water partition coefficient (Wildman–Crippen LogP) is 2.61. The maximum absolute atomic E-state index is 5.33. The van der Waals surface area contributed by atoms with Crippen molar-refractivity contribution in [3.8, 4) is 0 Å². The summed E-state index contributed by atoms with van der Waals surface area (Å²) in [7, 11) is 0. The molecule has 1 aliphatic carbocycles. The van der Waals surface area contributed by atoms with Crippen LogP contribution < -0.4 is 16.6 Å². The summed E-state index contributed by atoms with van der Waals surface area (Å²) >= 11 is 0. The minimum Gasteiger partial charge on any atom is -0.385 e. The number of nitrogens with two attached hydrogens (primary N) is 1. The first-order valence-corrected chi connectivity index (χ1v) is 6.44. The zero-order valence-corrected chi connectivity index (χ0v) is 10.4. The van der Waals surface area contributed by atoms with E-state index in [4.69, 9.17) is 5.84 Å². The molecule has 2 rings (SSSR count). The van der Waals surface area contributed by atoms with E-state index in [1.807, 2.05) is 12.1 Å². The van der Waals surface area contributed by atoms with E-state index in [1.165, 1.54) is 25.7 Å². The molecule has 0 bridgehead atoms. The van der Waals surface area contributed by atoms with Gasteiger partial charge in [0.1, 0.15) is 5.82 Å². The van der Waals surface area contributed by atoms with Crippen LogP contribution in [0.3, 0.4) is 0 Å². The lowest BCUT2D eigenvalue weighted by Gasteiger charge is -2.26. The molecule has 0 radical (unpaired) electrons. The number of hydrogen-bond acceptors (Lipinski definition) is 4. The van der Waals surface area contributed by atoms with Crippen molar-refractivity contribution in [3.05, 3.63) is 18.3 Å². The molecule has 17 heavy (non-hydrogen) atoms. The highest BCUT2D eigenvalue weighted by Gasteiger charge is 2.17. The Morgan fingerprint density at radius 1 is 1.35 bits per heavy atom. The van der Waals surface area contributed by atoms with Crippen LogP contribution in [0, 0.1) is 11.8 Å². The third kappa shape index (κ3) is 3.60. The predicted molar refractivity (Wildman–Crippen MR) is 71.7 cm³/mol. The van der Waals surface area contributed by atoms with Crippen molar-refractivity contribution in [2.45, 2.75) is 32.6 Å². The van der Waals surface area contributed by atoms with Crippen LogP contribution in [0.4, 0.5) is 11.5 Å². The molecule has 0 aromatic carbocycles. The van der Waals surface area contributed by atoms with E-state index in [0.29, 0.717) is 5.82 Å². The zero-order chi connectivity index (χ0) is 12.1. The monoisotopic (exact) mass is 234 g/mol. The minimum absolute atomic E-state index is 0.701. The highest BCUT2D eigenvalue weighted by molar-refractivity contribution is 5.51. The lowest BCUT2D eigenvalue weighted by atomic mass is 9.83. The first-order valence-electron chi connectivity index (χ1n) is 6.44. The van der Waals surface area contributed by atoms with Gasteiger partial charge in [-0.3, -0.25) is 0 Å². The summed E-state index contributed by atoms with van der Waals surface area (Å²) in [5, 5.41) is 3.47. The van der Waals surface area contributed by atoms with Gasteiger partial charge in [0.25, 0.3) is 0 Å². The third-order valence-corrected chi connectivity index (χ3v) is 3.64. The van der Waals surface area contributed by atoms with Crippen molar-refractivity contribution in [2.24, 2.45) is 17.7 Å². The van der Waals surface area contributed by atoms with Crippen LogP contribution in [0.1, 0.15) is 32.6 Å². The van der Waals surface area contributed by atoms with E-state index in [1.54, 1.807) is 6.20 Å². The fraction of sp³-hybridized carbons (Fsp3) is 0.615. The summed E-state index contributed by atoms with van der Waals surface area (Å²) in [6.07, 6.45) is 7.21.